The van der Waals surface area contributed by atoms with Crippen LogP contribution in [-0.4, -0.2) is 48.4 Å². The average molecular weight is 269 g/mol. The number of methoxy groups -OCH3 is 1. The molecule has 19 heavy (non-hydrogen) atoms. The highest BCUT2D eigenvalue weighted by atomic mass is 16.5. The van der Waals surface area contributed by atoms with Gasteiger partial charge in [-0.3, -0.25) is 4.79 Å². The summed E-state index contributed by atoms with van der Waals surface area (Å²) in [6, 6.07) is 1.40. The van der Waals surface area contributed by atoms with Crippen LogP contribution in [-0.2, 0) is 16.0 Å². The van der Waals surface area contributed by atoms with Crippen molar-refractivity contribution in [3.8, 4) is 0 Å². The van der Waals surface area contributed by atoms with Gasteiger partial charge in [-0.15, -0.1) is 0 Å². The van der Waals surface area contributed by atoms with Gasteiger partial charge in [0.1, 0.15) is 5.69 Å². The van der Waals surface area contributed by atoms with E-state index in [9.17, 15) is 9.59 Å². The van der Waals surface area contributed by atoms with Crippen molar-refractivity contribution in [1.29, 1.82) is 0 Å². The molecular formula is C13H19NO5. The van der Waals surface area contributed by atoms with Crippen LogP contribution in [0.2, 0.25) is 0 Å². The predicted molar refractivity (Wildman–Crippen MR) is 68.7 cm³/mol. The van der Waals surface area contributed by atoms with Crippen LogP contribution in [0, 0.1) is 0 Å². The molecule has 0 radical (unpaired) electrons. The highest BCUT2D eigenvalue weighted by Crippen LogP contribution is 2.10. The first-order chi connectivity index (χ1) is 9.06. The fraction of sp³-hybridized carbons (Fsp3) is 0.538. The van der Waals surface area contributed by atoms with Crippen molar-refractivity contribution in [2.75, 3.05) is 26.9 Å². The first-order valence-electron chi connectivity index (χ1n) is 6.07. The Bertz CT molecular complexity index is 438. The topological polar surface area (TPSA) is 77.8 Å². The Balaban J connectivity index is 2.52. The molecule has 0 saturated carbocycles. The van der Waals surface area contributed by atoms with Gasteiger partial charge in [-0.2, -0.15) is 0 Å². The molecule has 106 valence electrons. The number of aryl methyl sites for hydroxylation is 1. The molecule has 1 heterocycles. The van der Waals surface area contributed by atoms with Gasteiger partial charge in [-0.05, 0) is 19.4 Å². The molecule has 6 heteroatoms. The van der Waals surface area contributed by atoms with Gasteiger partial charge in [0.15, 0.2) is 5.78 Å². The van der Waals surface area contributed by atoms with Crippen molar-refractivity contribution < 1.29 is 24.2 Å². The van der Waals surface area contributed by atoms with E-state index in [4.69, 9.17) is 14.6 Å². The maximum Gasteiger partial charge on any atom is 0.352 e. The van der Waals surface area contributed by atoms with Gasteiger partial charge in [0.25, 0.3) is 0 Å². The van der Waals surface area contributed by atoms with Gasteiger partial charge in [0, 0.05) is 32.0 Å². The van der Waals surface area contributed by atoms with E-state index in [1.165, 1.54) is 13.0 Å². The molecule has 0 aliphatic heterocycles. The molecule has 0 aromatic carbocycles. The number of nitrogens with zero attached hydrogens (tertiary/aromatic N) is 1. The Kier molecular flexibility index (Phi) is 6.24. The van der Waals surface area contributed by atoms with E-state index < -0.39 is 5.97 Å². The molecule has 1 rings (SSSR count). The van der Waals surface area contributed by atoms with E-state index in [2.05, 4.69) is 0 Å². The molecule has 1 N–H and O–H groups in total. The molecule has 0 unspecified atom stereocenters. The van der Waals surface area contributed by atoms with Gasteiger partial charge in [-0.25, -0.2) is 4.79 Å². The Hall–Kier alpha value is -1.66. The zero-order chi connectivity index (χ0) is 14.3. The second-order valence-corrected chi connectivity index (χ2v) is 4.13. The number of carboxylic acids is 1. The lowest BCUT2D eigenvalue weighted by atomic mass is 10.2. The number of hydrogen-bond acceptors (Lipinski definition) is 4. The number of aromatic carboxylic acids is 1. The van der Waals surface area contributed by atoms with Gasteiger partial charge < -0.3 is 19.1 Å². The third-order valence-corrected chi connectivity index (χ3v) is 2.64. The molecule has 0 aliphatic rings. The van der Waals surface area contributed by atoms with Crippen molar-refractivity contribution in [3.05, 3.63) is 23.5 Å². The fourth-order valence-corrected chi connectivity index (χ4v) is 1.65. The lowest BCUT2D eigenvalue weighted by Gasteiger charge is -2.06. The molecule has 0 bridgehead atoms. The van der Waals surface area contributed by atoms with E-state index in [0.717, 1.165) is 0 Å². The van der Waals surface area contributed by atoms with Gasteiger partial charge in [-0.1, -0.05) is 0 Å². The lowest BCUT2D eigenvalue weighted by Crippen LogP contribution is -2.10. The summed E-state index contributed by atoms with van der Waals surface area (Å²) in [5.41, 5.74) is 0.541. The van der Waals surface area contributed by atoms with Crippen LogP contribution in [0.4, 0.5) is 0 Å². The summed E-state index contributed by atoms with van der Waals surface area (Å²) in [6.45, 7) is 3.50. The third-order valence-electron chi connectivity index (χ3n) is 2.64. The van der Waals surface area contributed by atoms with Crippen LogP contribution in [0.5, 0.6) is 0 Å². The molecule has 0 fully saturated rings. The number of rotatable bonds is 9. The number of Topliss-reactive ketones (excluding diaryl/α,β-unsaturated/α-hetero) is 1. The fourth-order valence-electron chi connectivity index (χ4n) is 1.65. The molecule has 6 nitrogen and oxygen atoms in total. The van der Waals surface area contributed by atoms with Crippen LogP contribution in [0.3, 0.4) is 0 Å². The van der Waals surface area contributed by atoms with Crippen molar-refractivity contribution >= 4 is 11.8 Å². The highest BCUT2D eigenvalue weighted by Gasteiger charge is 2.14. The number of aromatic nitrogens is 1. The average Bonchev–Trinajstić information content (AvgIpc) is 2.78. The minimum Gasteiger partial charge on any atom is -0.477 e. The Morgan fingerprint density at radius 1 is 1.32 bits per heavy atom. The number of ether oxygens (including phenoxy) is 2. The van der Waals surface area contributed by atoms with E-state index in [-0.39, 0.29) is 11.5 Å². The van der Waals surface area contributed by atoms with Crippen LogP contribution < -0.4 is 0 Å². The largest absolute Gasteiger partial charge is 0.477 e. The van der Waals surface area contributed by atoms with Crippen molar-refractivity contribution in [2.24, 2.45) is 0 Å². The Morgan fingerprint density at radius 3 is 2.63 bits per heavy atom. The summed E-state index contributed by atoms with van der Waals surface area (Å²) < 4.78 is 11.7. The molecule has 0 saturated heterocycles. The molecule has 0 amide bonds. The maximum absolute atomic E-state index is 11.2. The van der Waals surface area contributed by atoms with Gasteiger partial charge >= 0.3 is 5.97 Å². The molecule has 0 atom stereocenters. The maximum atomic E-state index is 11.2. The number of carbonyl (C=O) groups is 2. The van der Waals surface area contributed by atoms with Crippen molar-refractivity contribution in [1.82, 2.24) is 4.57 Å². The van der Waals surface area contributed by atoms with Crippen molar-refractivity contribution in [2.45, 2.75) is 19.9 Å². The van der Waals surface area contributed by atoms with Crippen LogP contribution in [0.25, 0.3) is 0 Å². The number of hydrogen-bond donors (Lipinski definition) is 1. The number of carboxylic acid groups (broad SMARTS) is 1. The van der Waals surface area contributed by atoms with E-state index in [1.54, 1.807) is 17.9 Å². The molecule has 0 aliphatic carbocycles. The quantitative estimate of drug-likeness (QED) is 0.542. The second-order valence-electron chi connectivity index (χ2n) is 4.13. The van der Waals surface area contributed by atoms with Crippen LogP contribution in [0.1, 0.15) is 34.2 Å². The van der Waals surface area contributed by atoms with Crippen LogP contribution in [0.15, 0.2) is 12.3 Å². The Morgan fingerprint density at radius 2 is 2.05 bits per heavy atom. The minimum atomic E-state index is -1.03. The van der Waals surface area contributed by atoms with Gasteiger partial charge in [0.05, 0.1) is 13.2 Å². The Labute approximate surface area is 111 Å². The number of ketones is 1. The zero-order valence-electron chi connectivity index (χ0n) is 11.2. The van der Waals surface area contributed by atoms with E-state index >= 15 is 0 Å². The van der Waals surface area contributed by atoms with E-state index in [1.807, 2.05) is 0 Å². The van der Waals surface area contributed by atoms with Crippen LogP contribution >= 0.6 is 0 Å². The minimum absolute atomic E-state index is 0.127. The molecule has 0 spiro atoms. The van der Waals surface area contributed by atoms with Crippen molar-refractivity contribution in [3.63, 3.8) is 0 Å². The summed E-state index contributed by atoms with van der Waals surface area (Å²) in [4.78, 5) is 22.3. The first kappa shape index (κ1) is 15.4. The lowest BCUT2D eigenvalue weighted by molar-refractivity contribution is 0.0657. The monoisotopic (exact) mass is 269 g/mol. The molecule has 1 aromatic rings. The third kappa shape index (κ3) is 4.84. The second kappa shape index (κ2) is 7.70. The first-order valence-corrected chi connectivity index (χ1v) is 6.07. The molecule has 1 aromatic heterocycles. The number of carbonyl (C=O) groups excluding carboxylic acids is 1. The summed E-state index contributed by atoms with van der Waals surface area (Å²) in [5.74, 6) is -1.18. The van der Waals surface area contributed by atoms with E-state index in [0.29, 0.717) is 38.3 Å². The standard InChI is InChI=1S/C13H19NO5/c1-10(15)11-8-12(13(16)17)14(9-11)4-3-5-19-7-6-18-2/h8-9H,3-7H2,1-2H3,(H,16,17). The zero-order valence-corrected chi connectivity index (χ0v) is 11.2. The summed E-state index contributed by atoms with van der Waals surface area (Å²) in [5, 5.41) is 9.05. The summed E-state index contributed by atoms with van der Waals surface area (Å²) in [6.07, 6.45) is 2.25. The SMILES string of the molecule is COCCOCCCn1cc(C(C)=O)cc1C(=O)O. The predicted octanol–water partition coefficient (Wildman–Crippen LogP) is 1.44. The summed E-state index contributed by atoms with van der Waals surface area (Å²) in [7, 11) is 1.60. The highest BCUT2D eigenvalue weighted by molar-refractivity contribution is 5.97. The smallest absolute Gasteiger partial charge is 0.352 e. The summed E-state index contributed by atoms with van der Waals surface area (Å²) >= 11 is 0. The molecular weight excluding hydrogens is 250 g/mol. The van der Waals surface area contributed by atoms with Gasteiger partial charge in [0.2, 0.25) is 0 Å². The normalized spacial score (nSPS) is 10.6.